The van der Waals surface area contributed by atoms with Crippen molar-refractivity contribution in [2.75, 3.05) is 18.4 Å². The molecule has 0 unspecified atom stereocenters. The van der Waals surface area contributed by atoms with Crippen LogP contribution in [-0.4, -0.2) is 51.6 Å². The third-order valence-electron chi connectivity index (χ3n) is 4.86. The number of piperidine rings is 1. The highest BCUT2D eigenvalue weighted by molar-refractivity contribution is 6.05. The number of rotatable bonds is 5. The summed E-state index contributed by atoms with van der Waals surface area (Å²) in [5.41, 5.74) is 1.69. The fourth-order valence-electron chi connectivity index (χ4n) is 3.14. The Morgan fingerprint density at radius 3 is 2.25 bits per heavy atom. The van der Waals surface area contributed by atoms with Crippen LogP contribution in [0.25, 0.3) is 0 Å². The van der Waals surface area contributed by atoms with E-state index in [0.717, 1.165) is 0 Å². The van der Waals surface area contributed by atoms with Crippen LogP contribution >= 0.6 is 0 Å². The molecule has 0 aliphatic carbocycles. The topological polar surface area (TPSA) is 120 Å². The van der Waals surface area contributed by atoms with Gasteiger partial charge in [-0.1, -0.05) is 0 Å². The Balaban J connectivity index is 1.60. The van der Waals surface area contributed by atoms with Crippen LogP contribution in [0.5, 0.6) is 0 Å². The van der Waals surface area contributed by atoms with Gasteiger partial charge in [0, 0.05) is 36.1 Å². The van der Waals surface area contributed by atoms with Gasteiger partial charge in [0.25, 0.3) is 11.8 Å². The molecular weight excluding hydrogens is 362 g/mol. The van der Waals surface area contributed by atoms with E-state index in [1.807, 2.05) is 0 Å². The molecule has 8 heteroatoms. The van der Waals surface area contributed by atoms with Crippen molar-refractivity contribution in [3.63, 3.8) is 0 Å². The Labute approximate surface area is 161 Å². The molecule has 1 aliphatic heterocycles. The van der Waals surface area contributed by atoms with Crippen molar-refractivity contribution in [2.45, 2.75) is 19.8 Å². The molecule has 0 spiro atoms. The molecule has 1 aromatic heterocycles. The molecule has 0 bridgehead atoms. The Hall–Kier alpha value is -3.42. The first kappa shape index (κ1) is 19.3. The number of aromatic nitrogens is 1. The predicted molar refractivity (Wildman–Crippen MR) is 101 cm³/mol. The zero-order chi connectivity index (χ0) is 20.3. The van der Waals surface area contributed by atoms with Gasteiger partial charge in [-0.15, -0.1) is 0 Å². The van der Waals surface area contributed by atoms with Gasteiger partial charge >= 0.3 is 5.97 Å². The van der Waals surface area contributed by atoms with Crippen molar-refractivity contribution in [3.05, 3.63) is 53.3 Å². The quantitative estimate of drug-likeness (QED) is 0.685. The number of carbonyl (C=O) groups excluding carboxylic acids is 3. The van der Waals surface area contributed by atoms with Gasteiger partial charge in [-0.3, -0.25) is 19.2 Å². The number of nitrogens with zero attached hydrogens (tertiary/aromatic N) is 1. The summed E-state index contributed by atoms with van der Waals surface area (Å²) in [6, 6.07) is 7.98. The number of anilines is 1. The van der Waals surface area contributed by atoms with Crippen molar-refractivity contribution in [2.24, 2.45) is 5.92 Å². The van der Waals surface area contributed by atoms with Gasteiger partial charge in [-0.2, -0.15) is 0 Å². The molecule has 2 amide bonds. The minimum absolute atomic E-state index is 0.134. The van der Waals surface area contributed by atoms with Crippen LogP contribution in [0.15, 0.2) is 36.5 Å². The third-order valence-corrected chi connectivity index (χ3v) is 4.86. The number of hydrogen-bond acceptors (Lipinski definition) is 4. The van der Waals surface area contributed by atoms with Gasteiger partial charge in [-0.05, 0) is 50.1 Å². The summed E-state index contributed by atoms with van der Waals surface area (Å²) in [6.07, 6.45) is 2.38. The Morgan fingerprint density at radius 2 is 1.71 bits per heavy atom. The maximum absolute atomic E-state index is 12.6. The third kappa shape index (κ3) is 4.28. The molecule has 3 rings (SSSR count). The maximum Gasteiger partial charge on any atom is 0.306 e. The lowest BCUT2D eigenvalue weighted by molar-refractivity contribution is -0.143. The molecule has 2 heterocycles. The Kier molecular flexibility index (Phi) is 5.58. The number of carboxylic acids is 1. The molecule has 1 fully saturated rings. The largest absolute Gasteiger partial charge is 0.481 e. The summed E-state index contributed by atoms with van der Waals surface area (Å²) in [5, 5.41) is 11.7. The smallest absolute Gasteiger partial charge is 0.306 e. The number of H-pyrrole nitrogens is 1. The molecular formula is C20H21N3O5. The molecule has 0 atom stereocenters. The SMILES string of the molecule is CC(=O)c1c[nH]c(C(=O)Nc2ccc(C(=O)N3CCC(C(=O)O)CC3)cc2)c1. The molecule has 2 aromatic rings. The van der Waals surface area contributed by atoms with Crippen LogP contribution in [-0.2, 0) is 4.79 Å². The minimum Gasteiger partial charge on any atom is -0.481 e. The summed E-state index contributed by atoms with van der Waals surface area (Å²) in [6.45, 7) is 2.25. The normalized spacial score (nSPS) is 14.5. The number of aliphatic carboxylic acids is 1. The first-order valence-corrected chi connectivity index (χ1v) is 8.98. The second-order valence-corrected chi connectivity index (χ2v) is 6.79. The highest BCUT2D eigenvalue weighted by Crippen LogP contribution is 2.20. The number of amides is 2. The number of hydrogen-bond donors (Lipinski definition) is 3. The van der Waals surface area contributed by atoms with E-state index in [-0.39, 0.29) is 23.3 Å². The first-order chi connectivity index (χ1) is 13.3. The molecule has 8 nitrogen and oxygen atoms in total. The molecule has 3 N–H and O–H groups in total. The summed E-state index contributed by atoms with van der Waals surface area (Å²) < 4.78 is 0. The van der Waals surface area contributed by atoms with E-state index < -0.39 is 11.9 Å². The van der Waals surface area contributed by atoms with Crippen molar-refractivity contribution in [1.29, 1.82) is 0 Å². The molecule has 1 aromatic carbocycles. The number of Topliss-reactive ketones (excluding diaryl/α,β-unsaturated/α-hetero) is 1. The average Bonchev–Trinajstić information content (AvgIpc) is 3.19. The van der Waals surface area contributed by atoms with Crippen LogP contribution in [0, 0.1) is 5.92 Å². The molecule has 28 heavy (non-hydrogen) atoms. The van der Waals surface area contributed by atoms with E-state index in [2.05, 4.69) is 10.3 Å². The van der Waals surface area contributed by atoms with E-state index in [4.69, 9.17) is 5.11 Å². The summed E-state index contributed by atoms with van der Waals surface area (Å²) in [7, 11) is 0. The standard InChI is InChI=1S/C20H21N3O5/c1-12(24)15-10-17(21-11-15)18(25)22-16-4-2-13(3-5-16)19(26)23-8-6-14(7-9-23)20(27)28/h2-5,10-11,14,21H,6-9H2,1H3,(H,22,25)(H,27,28). The maximum atomic E-state index is 12.6. The number of aromatic amines is 1. The zero-order valence-corrected chi connectivity index (χ0v) is 15.4. The number of carboxylic acid groups (broad SMARTS) is 1. The van der Waals surface area contributed by atoms with E-state index in [9.17, 15) is 19.2 Å². The highest BCUT2D eigenvalue weighted by atomic mass is 16.4. The zero-order valence-electron chi connectivity index (χ0n) is 15.4. The van der Waals surface area contributed by atoms with Gasteiger partial charge in [0.05, 0.1) is 5.92 Å². The van der Waals surface area contributed by atoms with Gasteiger partial charge < -0.3 is 20.3 Å². The fourth-order valence-corrected chi connectivity index (χ4v) is 3.14. The lowest BCUT2D eigenvalue weighted by Crippen LogP contribution is -2.40. The predicted octanol–water partition coefficient (Wildman–Crippen LogP) is 2.41. The van der Waals surface area contributed by atoms with Crippen molar-refractivity contribution in [3.8, 4) is 0 Å². The Morgan fingerprint density at radius 1 is 1.07 bits per heavy atom. The van der Waals surface area contributed by atoms with E-state index in [1.54, 1.807) is 29.2 Å². The second kappa shape index (κ2) is 8.08. The second-order valence-electron chi connectivity index (χ2n) is 6.79. The van der Waals surface area contributed by atoms with Crippen LogP contribution in [0.3, 0.4) is 0 Å². The number of benzene rings is 1. The van der Waals surface area contributed by atoms with Gasteiger partial charge in [0.15, 0.2) is 5.78 Å². The lowest BCUT2D eigenvalue weighted by atomic mass is 9.96. The van der Waals surface area contributed by atoms with Crippen molar-refractivity contribution in [1.82, 2.24) is 9.88 Å². The molecule has 1 aliphatic rings. The number of ketones is 1. The van der Waals surface area contributed by atoms with Crippen LogP contribution in [0.4, 0.5) is 5.69 Å². The summed E-state index contributed by atoms with van der Waals surface area (Å²) in [4.78, 5) is 51.5. The Bertz CT molecular complexity index is 908. The summed E-state index contributed by atoms with van der Waals surface area (Å²) in [5.74, 6) is -1.88. The number of nitrogens with one attached hydrogen (secondary N) is 2. The van der Waals surface area contributed by atoms with Crippen molar-refractivity contribution >= 4 is 29.3 Å². The average molecular weight is 383 g/mol. The van der Waals surface area contributed by atoms with Crippen LogP contribution in [0.2, 0.25) is 0 Å². The van der Waals surface area contributed by atoms with Gasteiger partial charge in [0.1, 0.15) is 5.69 Å². The molecule has 146 valence electrons. The molecule has 0 saturated carbocycles. The highest BCUT2D eigenvalue weighted by Gasteiger charge is 2.27. The van der Waals surface area contributed by atoms with Crippen LogP contribution < -0.4 is 5.32 Å². The summed E-state index contributed by atoms with van der Waals surface area (Å²) >= 11 is 0. The first-order valence-electron chi connectivity index (χ1n) is 8.98. The van der Waals surface area contributed by atoms with E-state index >= 15 is 0 Å². The fraction of sp³-hybridized carbons (Fsp3) is 0.300. The molecule has 1 saturated heterocycles. The van der Waals surface area contributed by atoms with Gasteiger partial charge in [-0.25, -0.2) is 0 Å². The number of likely N-dealkylation sites (tertiary alicyclic amines) is 1. The van der Waals surface area contributed by atoms with Gasteiger partial charge in [0.2, 0.25) is 0 Å². The minimum atomic E-state index is -0.815. The molecule has 0 radical (unpaired) electrons. The lowest BCUT2D eigenvalue weighted by Gasteiger charge is -2.30. The monoisotopic (exact) mass is 383 g/mol. The van der Waals surface area contributed by atoms with E-state index in [1.165, 1.54) is 19.2 Å². The number of carbonyl (C=O) groups is 4. The van der Waals surface area contributed by atoms with E-state index in [0.29, 0.717) is 42.7 Å². The van der Waals surface area contributed by atoms with Crippen LogP contribution in [0.1, 0.15) is 51.0 Å². The van der Waals surface area contributed by atoms with Crippen molar-refractivity contribution < 1.29 is 24.3 Å².